The highest BCUT2D eigenvalue weighted by molar-refractivity contribution is 5.44. The molecule has 17 heavy (non-hydrogen) atoms. The Morgan fingerprint density at radius 1 is 1.59 bits per heavy atom. The molecule has 2 atom stereocenters. The van der Waals surface area contributed by atoms with Crippen LogP contribution >= 0.6 is 0 Å². The fraction of sp³-hybridized carbons (Fsp3) is 0.643. The van der Waals surface area contributed by atoms with Gasteiger partial charge in [-0.2, -0.15) is 0 Å². The summed E-state index contributed by atoms with van der Waals surface area (Å²) in [4.78, 5) is 4.21. The van der Waals surface area contributed by atoms with Crippen LogP contribution in [0.1, 0.15) is 45.1 Å². The van der Waals surface area contributed by atoms with Crippen LogP contribution in [0.15, 0.2) is 18.3 Å². The van der Waals surface area contributed by atoms with Crippen molar-refractivity contribution >= 4 is 5.82 Å². The zero-order valence-corrected chi connectivity index (χ0v) is 10.9. The molecule has 0 amide bonds. The Balaban J connectivity index is 2.09. The van der Waals surface area contributed by atoms with Crippen molar-refractivity contribution in [1.82, 2.24) is 10.3 Å². The van der Waals surface area contributed by atoms with Gasteiger partial charge in [0, 0.05) is 17.8 Å². The number of nitrogen functional groups attached to an aromatic ring is 1. The number of hydrogen-bond acceptors (Lipinski definition) is 3. The number of nitrogens with two attached hydrogens (primary N) is 1. The molecule has 1 fully saturated rings. The first-order chi connectivity index (χ1) is 8.15. The Kier molecular flexibility index (Phi) is 3.67. The Morgan fingerprint density at radius 2 is 2.41 bits per heavy atom. The lowest BCUT2D eigenvalue weighted by molar-refractivity contribution is 0.453. The van der Waals surface area contributed by atoms with Gasteiger partial charge in [0.25, 0.3) is 0 Å². The highest BCUT2D eigenvalue weighted by Crippen LogP contribution is 2.42. The van der Waals surface area contributed by atoms with Gasteiger partial charge in [-0.25, -0.2) is 4.98 Å². The van der Waals surface area contributed by atoms with E-state index in [0.29, 0.717) is 11.9 Å². The second-order valence-corrected chi connectivity index (χ2v) is 5.39. The van der Waals surface area contributed by atoms with Crippen molar-refractivity contribution in [2.75, 3.05) is 12.3 Å². The first-order valence-corrected chi connectivity index (χ1v) is 6.60. The van der Waals surface area contributed by atoms with Crippen LogP contribution in [0.5, 0.6) is 0 Å². The van der Waals surface area contributed by atoms with E-state index < -0.39 is 0 Å². The van der Waals surface area contributed by atoms with Gasteiger partial charge in [-0.1, -0.05) is 19.9 Å². The second kappa shape index (κ2) is 5.05. The largest absolute Gasteiger partial charge is 0.383 e. The summed E-state index contributed by atoms with van der Waals surface area (Å²) in [5, 5.41) is 3.61. The molecule has 1 saturated carbocycles. The molecular formula is C14H23N3. The Bertz CT molecular complexity index is 377. The summed E-state index contributed by atoms with van der Waals surface area (Å²) in [6.45, 7) is 5.64. The van der Waals surface area contributed by atoms with Crippen LogP contribution in [0.2, 0.25) is 0 Å². The van der Waals surface area contributed by atoms with Gasteiger partial charge in [-0.05, 0) is 43.7 Å². The number of rotatable bonds is 4. The van der Waals surface area contributed by atoms with E-state index in [2.05, 4.69) is 30.2 Å². The van der Waals surface area contributed by atoms with E-state index in [1.165, 1.54) is 31.2 Å². The molecular weight excluding hydrogens is 210 g/mol. The van der Waals surface area contributed by atoms with Crippen LogP contribution in [0, 0.1) is 0 Å². The van der Waals surface area contributed by atoms with Crippen LogP contribution in [-0.2, 0) is 5.41 Å². The molecule has 1 aromatic rings. The molecule has 0 aliphatic heterocycles. The van der Waals surface area contributed by atoms with Crippen molar-refractivity contribution in [3.8, 4) is 0 Å². The minimum absolute atomic E-state index is 0.198. The Hall–Kier alpha value is -1.09. The Morgan fingerprint density at radius 3 is 3.12 bits per heavy atom. The summed E-state index contributed by atoms with van der Waals surface area (Å²) in [6.07, 6.45) is 6.57. The monoisotopic (exact) mass is 233 g/mol. The minimum atomic E-state index is 0.198. The molecule has 3 N–H and O–H groups in total. The van der Waals surface area contributed by atoms with Gasteiger partial charge >= 0.3 is 0 Å². The summed E-state index contributed by atoms with van der Waals surface area (Å²) in [5.41, 5.74) is 7.42. The quantitative estimate of drug-likeness (QED) is 0.840. The number of hydrogen-bond donors (Lipinski definition) is 2. The molecule has 2 rings (SSSR count). The van der Waals surface area contributed by atoms with E-state index in [-0.39, 0.29) is 5.41 Å². The molecule has 1 aliphatic carbocycles. The van der Waals surface area contributed by atoms with Gasteiger partial charge in [-0.15, -0.1) is 0 Å². The number of anilines is 1. The van der Waals surface area contributed by atoms with Gasteiger partial charge in [0.2, 0.25) is 0 Å². The maximum Gasteiger partial charge on any atom is 0.127 e. The third-order valence-electron chi connectivity index (χ3n) is 3.91. The van der Waals surface area contributed by atoms with Gasteiger partial charge in [0.05, 0.1) is 0 Å². The second-order valence-electron chi connectivity index (χ2n) is 5.39. The topological polar surface area (TPSA) is 50.9 Å². The number of nitrogens with one attached hydrogen (secondary N) is 1. The van der Waals surface area contributed by atoms with Crippen LogP contribution in [0.25, 0.3) is 0 Å². The Labute approximate surface area is 104 Å². The van der Waals surface area contributed by atoms with Gasteiger partial charge in [-0.3, -0.25) is 0 Å². The number of nitrogens with zero attached hydrogens (tertiary/aromatic N) is 1. The normalized spacial score (nSPS) is 28.5. The van der Waals surface area contributed by atoms with Crippen molar-refractivity contribution in [3.05, 3.63) is 23.9 Å². The maximum atomic E-state index is 6.00. The standard InChI is InChI=1S/C14H23N3/c1-3-8-16-11-6-7-14(2,10-11)12-5-4-9-17-13(12)15/h4-5,9,11,16H,3,6-8,10H2,1-2H3,(H2,15,17). The van der Waals surface area contributed by atoms with E-state index in [4.69, 9.17) is 5.73 Å². The average molecular weight is 233 g/mol. The minimum Gasteiger partial charge on any atom is -0.383 e. The fourth-order valence-electron chi connectivity index (χ4n) is 2.94. The van der Waals surface area contributed by atoms with Gasteiger partial charge < -0.3 is 11.1 Å². The SMILES string of the molecule is CCCNC1CCC(C)(c2cccnc2N)C1. The lowest BCUT2D eigenvalue weighted by Gasteiger charge is -2.26. The lowest BCUT2D eigenvalue weighted by atomic mass is 9.81. The van der Waals surface area contributed by atoms with Crippen molar-refractivity contribution in [1.29, 1.82) is 0 Å². The summed E-state index contributed by atoms with van der Waals surface area (Å²) in [6, 6.07) is 4.76. The van der Waals surface area contributed by atoms with Crippen LogP contribution in [0.3, 0.4) is 0 Å². The molecule has 3 heteroatoms. The predicted molar refractivity (Wildman–Crippen MR) is 71.9 cm³/mol. The lowest BCUT2D eigenvalue weighted by Crippen LogP contribution is -2.29. The fourth-order valence-corrected chi connectivity index (χ4v) is 2.94. The molecule has 2 unspecified atom stereocenters. The van der Waals surface area contributed by atoms with E-state index in [1.54, 1.807) is 6.20 Å². The number of aromatic nitrogens is 1. The zero-order valence-electron chi connectivity index (χ0n) is 10.9. The van der Waals surface area contributed by atoms with Crippen LogP contribution in [-0.4, -0.2) is 17.6 Å². The van der Waals surface area contributed by atoms with Crippen molar-refractivity contribution in [3.63, 3.8) is 0 Å². The molecule has 0 saturated heterocycles. The molecule has 0 radical (unpaired) electrons. The molecule has 0 aromatic carbocycles. The van der Waals surface area contributed by atoms with Crippen molar-refractivity contribution in [2.24, 2.45) is 0 Å². The highest BCUT2D eigenvalue weighted by atomic mass is 14.9. The smallest absolute Gasteiger partial charge is 0.127 e. The van der Waals surface area contributed by atoms with Crippen LogP contribution < -0.4 is 11.1 Å². The zero-order chi connectivity index (χ0) is 12.3. The van der Waals surface area contributed by atoms with Crippen molar-refractivity contribution < 1.29 is 0 Å². The van der Waals surface area contributed by atoms with E-state index in [0.717, 1.165) is 6.54 Å². The third kappa shape index (κ3) is 2.60. The summed E-state index contributed by atoms with van der Waals surface area (Å²) >= 11 is 0. The van der Waals surface area contributed by atoms with E-state index >= 15 is 0 Å². The molecule has 0 bridgehead atoms. The molecule has 0 spiro atoms. The van der Waals surface area contributed by atoms with Gasteiger partial charge in [0.1, 0.15) is 5.82 Å². The van der Waals surface area contributed by atoms with Crippen molar-refractivity contribution in [2.45, 2.75) is 51.0 Å². The maximum absolute atomic E-state index is 6.00. The molecule has 3 nitrogen and oxygen atoms in total. The van der Waals surface area contributed by atoms with Crippen LogP contribution in [0.4, 0.5) is 5.82 Å². The van der Waals surface area contributed by atoms with E-state index in [9.17, 15) is 0 Å². The molecule has 1 aliphatic rings. The molecule has 1 aromatic heterocycles. The average Bonchev–Trinajstić information content (AvgIpc) is 2.70. The van der Waals surface area contributed by atoms with Gasteiger partial charge in [0.15, 0.2) is 0 Å². The molecule has 1 heterocycles. The van der Waals surface area contributed by atoms with E-state index in [1.807, 2.05) is 6.07 Å². The summed E-state index contributed by atoms with van der Waals surface area (Å²) < 4.78 is 0. The summed E-state index contributed by atoms with van der Waals surface area (Å²) in [5.74, 6) is 0.700. The molecule has 94 valence electrons. The first-order valence-electron chi connectivity index (χ1n) is 6.60. The number of pyridine rings is 1. The predicted octanol–water partition coefficient (Wildman–Crippen LogP) is 2.47. The first kappa shape index (κ1) is 12.4. The summed E-state index contributed by atoms with van der Waals surface area (Å²) in [7, 11) is 0. The third-order valence-corrected chi connectivity index (χ3v) is 3.91. The highest BCUT2D eigenvalue weighted by Gasteiger charge is 2.37.